The first kappa shape index (κ1) is 17.3. The zero-order valence-corrected chi connectivity index (χ0v) is 14.6. The first-order chi connectivity index (χ1) is 12.2. The second-order valence-electron chi connectivity index (χ2n) is 6.55. The van der Waals surface area contributed by atoms with Crippen molar-refractivity contribution in [2.45, 2.75) is 51.8 Å². The predicted octanol–water partition coefficient (Wildman–Crippen LogP) is 3.71. The molecule has 5 heteroatoms. The summed E-state index contributed by atoms with van der Waals surface area (Å²) in [6, 6.07) is 11.7. The van der Waals surface area contributed by atoms with E-state index in [2.05, 4.69) is 21.7 Å². The fourth-order valence-corrected chi connectivity index (χ4v) is 3.01. The topological polar surface area (TPSA) is 63.2 Å². The molecule has 0 radical (unpaired) electrons. The van der Waals surface area contributed by atoms with Crippen molar-refractivity contribution in [2.75, 3.05) is 0 Å². The predicted molar refractivity (Wildman–Crippen MR) is 97.4 cm³/mol. The maximum atomic E-state index is 11.9. The van der Waals surface area contributed by atoms with Crippen molar-refractivity contribution in [1.29, 1.82) is 0 Å². The van der Waals surface area contributed by atoms with Crippen molar-refractivity contribution in [2.24, 2.45) is 0 Å². The molecule has 0 bridgehead atoms. The minimum atomic E-state index is -0.187. The van der Waals surface area contributed by atoms with Gasteiger partial charge in [-0.3, -0.25) is 0 Å². The van der Waals surface area contributed by atoms with Crippen LogP contribution in [0.1, 0.15) is 42.4 Å². The largest absolute Gasteiger partial charge is 0.474 e. The van der Waals surface area contributed by atoms with Crippen LogP contribution in [0.4, 0.5) is 4.79 Å². The van der Waals surface area contributed by atoms with Gasteiger partial charge in [-0.05, 0) is 43.7 Å². The highest BCUT2D eigenvalue weighted by Crippen LogP contribution is 2.22. The second-order valence-corrected chi connectivity index (χ2v) is 6.55. The first-order valence-corrected chi connectivity index (χ1v) is 8.88. The summed E-state index contributed by atoms with van der Waals surface area (Å²) >= 11 is 0. The Hall–Kier alpha value is -2.56. The van der Waals surface area contributed by atoms with Gasteiger partial charge in [-0.2, -0.15) is 0 Å². The number of ether oxygens (including phenoxy) is 1. The van der Waals surface area contributed by atoms with E-state index in [4.69, 9.17) is 4.74 Å². The van der Waals surface area contributed by atoms with Gasteiger partial charge in [-0.15, -0.1) is 0 Å². The Morgan fingerprint density at radius 1 is 1.12 bits per heavy atom. The van der Waals surface area contributed by atoms with E-state index in [9.17, 15) is 4.79 Å². The number of pyridine rings is 1. The molecule has 1 aromatic carbocycles. The number of carbonyl (C=O) groups is 1. The second kappa shape index (κ2) is 8.51. The summed E-state index contributed by atoms with van der Waals surface area (Å²) in [6.45, 7) is 2.99. The van der Waals surface area contributed by atoms with Gasteiger partial charge >= 0.3 is 6.03 Å². The average Bonchev–Trinajstić information content (AvgIpc) is 3.12. The van der Waals surface area contributed by atoms with Gasteiger partial charge in [0.25, 0.3) is 0 Å². The summed E-state index contributed by atoms with van der Waals surface area (Å²) in [7, 11) is 0. The fourth-order valence-electron chi connectivity index (χ4n) is 3.01. The highest BCUT2D eigenvalue weighted by Gasteiger charge is 2.16. The number of rotatable bonds is 6. The molecule has 1 heterocycles. The van der Waals surface area contributed by atoms with Crippen LogP contribution in [0.5, 0.6) is 5.88 Å². The van der Waals surface area contributed by atoms with Crippen molar-refractivity contribution < 1.29 is 9.53 Å². The van der Waals surface area contributed by atoms with Gasteiger partial charge in [0.15, 0.2) is 0 Å². The molecule has 0 spiro atoms. The third kappa shape index (κ3) is 5.48. The van der Waals surface area contributed by atoms with Gasteiger partial charge in [-0.1, -0.05) is 35.9 Å². The van der Waals surface area contributed by atoms with Crippen LogP contribution in [0.25, 0.3) is 0 Å². The molecule has 3 rings (SSSR count). The molecule has 2 N–H and O–H groups in total. The molecule has 5 nitrogen and oxygen atoms in total. The number of aromatic nitrogens is 1. The maximum Gasteiger partial charge on any atom is 0.315 e. The molecule has 1 fully saturated rings. The highest BCUT2D eigenvalue weighted by atomic mass is 16.5. The van der Waals surface area contributed by atoms with Gasteiger partial charge in [0.1, 0.15) is 6.10 Å². The third-order valence-corrected chi connectivity index (χ3v) is 4.38. The zero-order chi connectivity index (χ0) is 17.5. The Balaban J connectivity index is 1.40. The number of aryl methyl sites for hydroxylation is 1. The highest BCUT2D eigenvalue weighted by molar-refractivity contribution is 5.73. The van der Waals surface area contributed by atoms with Crippen LogP contribution in [0.3, 0.4) is 0 Å². The molecule has 1 aliphatic carbocycles. The summed E-state index contributed by atoms with van der Waals surface area (Å²) in [6.07, 6.45) is 6.78. The smallest absolute Gasteiger partial charge is 0.315 e. The van der Waals surface area contributed by atoms with Crippen molar-refractivity contribution in [1.82, 2.24) is 15.6 Å². The van der Waals surface area contributed by atoms with Crippen molar-refractivity contribution in [3.63, 3.8) is 0 Å². The Morgan fingerprint density at radius 2 is 1.88 bits per heavy atom. The van der Waals surface area contributed by atoms with Gasteiger partial charge in [-0.25, -0.2) is 9.78 Å². The van der Waals surface area contributed by atoms with E-state index in [1.54, 1.807) is 6.20 Å². The maximum absolute atomic E-state index is 11.9. The molecule has 0 unspecified atom stereocenters. The van der Waals surface area contributed by atoms with Gasteiger partial charge in [0.05, 0.1) is 0 Å². The lowest BCUT2D eigenvalue weighted by Crippen LogP contribution is -2.34. The summed E-state index contributed by atoms with van der Waals surface area (Å²) in [5.74, 6) is 0.666. The molecule has 1 saturated carbocycles. The minimum Gasteiger partial charge on any atom is -0.474 e. The van der Waals surface area contributed by atoms with Crippen LogP contribution in [0, 0.1) is 6.92 Å². The number of hydrogen-bond donors (Lipinski definition) is 2. The number of carbonyl (C=O) groups excluding carboxylic acids is 1. The Labute approximate surface area is 148 Å². The number of amides is 2. The number of nitrogens with one attached hydrogen (secondary N) is 2. The molecule has 0 aliphatic heterocycles. The standard InChI is InChI=1S/C20H25N3O2/c1-15-5-4-6-16(11-15)12-22-20(24)23-14-17-9-10-19(21-13-17)25-18-7-2-3-8-18/h4-6,9-11,13,18H,2-3,7-8,12,14H2,1H3,(H2,22,23,24). The van der Waals surface area contributed by atoms with Gasteiger partial charge < -0.3 is 15.4 Å². The summed E-state index contributed by atoms with van der Waals surface area (Å²) < 4.78 is 5.84. The lowest BCUT2D eigenvalue weighted by molar-refractivity contribution is 0.201. The average molecular weight is 339 g/mol. The lowest BCUT2D eigenvalue weighted by Gasteiger charge is -2.12. The fraction of sp³-hybridized carbons (Fsp3) is 0.400. The molecule has 132 valence electrons. The Morgan fingerprint density at radius 3 is 2.56 bits per heavy atom. The van der Waals surface area contributed by atoms with Gasteiger partial charge in [0, 0.05) is 25.4 Å². The van der Waals surface area contributed by atoms with Crippen LogP contribution >= 0.6 is 0 Å². The van der Waals surface area contributed by atoms with Crippen molar-refractivity contribution >= 4 is 6.03 Å². The Bertz CT molecular complexity index is 694. The molecule has 2 aromatic rings. The monoisotopic (exact) mass is 339 g/mol. The van der Waals surface area contributed by atoms with Gasteiger partial charge in [0.2, 0.25) is 5.88 Å². The molecule has 25 heavy (non-hydrogen) atoms. The zero-order valence-electron chi connectivity index (χ0n) is 14.6. The van der Waals surface area contributed by atoms with E-state index in [1.165, 1.54) is 18.4 Å². The molecular formula is C20H25N3O2. The summed E-state index contributed by atoms with van der Waals surface area (Å²) in [5, 5.41) is 5.71. The van der Waals surface area contributed by atoms with Crippen LogP contribution in [-0.2, 0) is 13.1 Å². The molecule has 0 saturated heterocycles. The Kier molecular flexibility index (Phi) is 5.88. The normalized spacial score (nSPS) is 14.3. The first-order valence-electron chi connectivity index (χ1n) is 8.88. The van der Waals surface area contributed by atoms with Crippen molar-refractivity contribution in [3.8, 4) is 5.88 Å². The van der Waals surface area contributed by atoms with E-state index < -0.39 is 0 Å². The minimum absolute atomic E-state index is 0.187. The lowest BCUT2D eigenvalue weighted by atomic mass is 10.1. The number of urea groups is 1. The van der Waals surface area contributed by atoms with Crippen LogP contribution in [-0.4, -0.2) is 17.1 Å². The quantitative estimate of drug-likeness (QED) is 0.843. The van der Waals surface area contributed by atoms with E-state index >= 15 is 0 Å². The van der Waals surface area contributed by atoms with Crippen LogP contribution < -0.4 is 15.4 Å². The summed E-state index contributed by atoms with van der Waals surface area (Å²) in [5.41, 5.74) is 3.22. The van der Waals surface area contributed by atoms with Crippen LogP contribution in [0.2, 0.25) is 0 Å². The van der Waals surface area contributed by atoms with Crippen molar-refractivity contribution in [3.05, 3.63) is 59.3 Å². The number of nitrogens with zero attached hydrogens (tertiary/aromatic N) is 1. The SMILES string of the molecule is Cc1cccc(CNC(=O)NCc2ccc(OC3CCCC3)nc2)c1. The number of hydrogen-bond acceptors (Lipinski definition) is 3. The third-order valence-electron chi connectivity index (χ3n) is 4.38. The molecule has 0 atom stereocenters. The van der Waals surface area contributed by atoms with E-state index in [0.29, 0.717) is 25.1 Å². The molecular weight excluding hydrogens is 314 g/mol. The van der Waals surface area contributed by atoms with E-state index in [1.807, 2.05) is 37.3 Å². The number of benzene rings is 1. The summed E-state index contributed by atoms with van der Waals surface area (Å²) in [4.78, 5) is 16.2. The molecule has 1 aliphatic rings. The van der Waals surface area contributed by atoms with Crippen LogP contribution in [0.15, 0.2) is 42.6 Å². The molecule has 1 aromatic heterocycles. The molecule has 2 amide bonds. The van der Waals surface area contributed by atoms with E-state index in [0.717, 1.165) is 24.0 Å². The van der Waals surface area contributed by atoms with E-state index in [-0.39, 0.29) is 6.03 Å².